The van der Waals surface area contributed by atoms with Crippen LogP contribution in [0.2, 0.25) is 0 Å². The number of hydrogen-bond donors (Lipinski definition) is 0. The number of carbonyl (C=O) groups is 2. The van der Waals surface area contributed by atoms with Gasteiger partial charge in [-0.2, -0.15) is 0 Å². The van der Waals surface area contributed by atoms with Crippen LogP contribution in [0.5, 0.6) is 5.75 Å². The first-order chi connectivity index (χ1) is 13.8. The molecule has 3 rings (SSSR count). The van der Waals surface area contributed by atoms with Crippen molar-refractivity contribution in [1.29, 1.82) is 0 Å². The molecule has 1 saturated carbocycles. The zero-order valence-electron chi connectivity index (χ0n) is 18.3. The summed E-state index contributed by atoms with van der Waals surface area (Å²) < 4.78 is 5.49. The standard InChI is InChI=1S/C25H33NO3/c1-6-8-9-10-22(27)29-19-13-14-20-21(15-19)25(4,7-2)17(3)23(24(20)28)26(5)16-18-11-12-18/h6,8-10,13-15,17-18,23H,7,11-12,16H2,1-5H3/b8-6+,10-9+/t17-,23-,25+/m0/s1. The Balaban J connectivity index is 1.91. The Labute approximate surface area is 174 Å². The first-order valence-electron chi connectivity index (χ1n) is 10.7. The normalized spacial score (nSPS) is 27.0. The molecule has 3 atom stereocenters. The highest BCUT2D eigenvalue weighted by molar-refractivity contribution is 6.03. The fraction of sp³-hybridized carbons (Fsp3) is 0.520. The number of ether oxygens (including phenoxy) is 1. The molecular weight excluding hydrogens is 362 g/mol. The van der Waals surface area contributed by atoms with Crippen molar-refractivity contribution in [1.82, 2.24) is 4.90 Å². The number of hydrogen-bond acceptors (Lipinski definition) is 4. The summed E-state index contributed by atoms with van der Waals surface area (Å²) in [6.45, 7) is 9.48. The second-order valence-electron chi connectivity index (χ2n) is 8.77. The molecule has 4 heteroatoms. The molecule has 4 nitrogen and oxygen atoms in total. The Kier molecular flexibility index (Phi) is 6.42. The summed E-state index contributed by atoms with van der Waals surface area (Å²) in [5.41, 5.74) is 1.61. The average molecular weight is 396 g/mol. The van der Waals surface area contributed by atoms with Crippen LogP contribution >= 0.6 is 0 Å². The first-order valence-corrected chi connectivity index (χ1v) is 10.7. The Bertz CT molecular complexity index is 836. The molecule has 0 bridgehead atoms. The topological polar surface area (TPSA) is 46.6 Å². The van der Waals surface area contributed by atoms with Crippen LogP contribution in [-0.2, 0) is 10.2 Å². The quantitative estimate of drug-likeness (QED) is 0.284. The van der Waals surface area contributed by atoms with E-state index in [1.165, 1.54) is 18.9 Å². The summed E-state index contributed by atoms with van der Waals surface area (Å²) in [4.78, 5) is 27.7. The molecule has 0 heterocycles. The van der Waals surface area contributed by atoms with Crippen LogP contribution in [0, 0.1) is 11.8 Å². The molecule has 0 radical (unpaired) electrons. The second kappa shape index (κ2) is 8.66. The van der Waals surface area contributed by atoms with Crippen molar-refractivity contribution in [2.24, 2.45) is 11.8 Å². The second-order valence-corrected chi connectivity index (χ2v) is 8.77. The van der Waals surface area contributed by atoms with Crippen molar-refractivity contribution in [3.05, 3.63) is 53.6 Å². The highest BCUT2D eigenvalue weighted by atomic mass is 16.5. The lowest BCUT2D eigenvalue weighted by molar-refractivity contribution is -0.129. The summed E-state index contributed by atoms with van der Waals surface area (Å²) in [6, 6.07) is 5.37. The van der Waals surface area contributed by atoms with Gasteiger partial charge in [0, 0.05) is 18.2 Å². The van der Waals surface area contributed by atoms with E-state index in [1.807, 2.05) is 25.1 Å². The molecule has 1 fully saturated rings. The molecular formula is C25H33NO3. The molecule has 2 aliphatic carbocycles. The molecule has 0 saturated heterocycles. The van der Waals surface area contributed by atoms with Gasteiger partial charge in [-0.05, 0) is 74.2 Å². The molecule has 0 amide bonds. The summed E-state index contributed by atoms with van der Waals surface area (Å²) in [6.07, 6.45) is 10.1. The maximum atomic E-state index is 13.4. The lowest BCUT2D eigenvalue weighted by Gasteiger charge is -2.47. The summed E-state index contributed by atoms with van der Waals surface area (Å²) in [7, 11) is 2.09. The largest absolute Gasteiger partial charge is 0.423 e. The van der Waals surface area contributed by atoms with Crippen molar-refractivity contribution in [3.8, 4) is 5.75 Å². The summed E-state index contributed by atoms with van der Waals surface area (Å²) in [5, 5.41) is 0. The van der Waals surface area contributed by atoms with Crippen LogP contribution in [0.1, 0.15) is 62.9 Å². The molecule has 0 unspecified atom stereocenters. The van der Waals surface area contributed by atoms with E-state index >= 15 is 0 Å². The number of allylic oxidation sites excluding steroid dienone is 3. The van der Waals surface area contributed by atoms with E-state index in [0.717, 1.165) is 30.0 Å². The third-order valence-electron chi connectivity index (χ3n) is 6.83. The summed E-state index contributed by atoms with van der Waals surface area (Å²) >= 11 is 0. The van der Waals surface area contributed by atoms with E-state index in [9.17, 15) is 9.59 Å². The van der Waals surface area contributed by atoms with Gasteiger partial charge in [0.25, 0.3) is 0 Å². The summed E-state index contributed by atoms with van der Waals surface area (Å²) in [5.74, 6) is 1.18. The number of ketones is 1. The van der Waals surface area contributed by atoms with E-state index in [4.69, 9.17) is 4.74 Å². The van der Waals surface area contributed by atoms with E-state index in [1.54, 1.807) is 18.2 Å². The number of Topliss-reactive ketones (excluding diaryl/α,β-unsaturated/α-hetero) is 1. The van der Waals surface area contributed by atoms with Gasteiger partial charge in [-0.3, -0.25) is 9.69 Å². The Hall–Kier alpha value is -2.20. The highest BCUT2D eigenvalue weighted by Gasteiger charge is 2.48. The third-order valence-corrected chi connectivity index (χ3v) is 6.83. The zero-order valence-corrected chi connectivity index (χ0v) is 18.3. The smallest absolute Gasteiger partial charge is 0.336 e. The Morgan fingerprint density at radius 3 is 2.66 bits per heavy atom. The number of rotatable bonds is 7. The molecule has 0 aromatic heterocycles. The van der Waals surface area contributed by atoms with E-state index < -0.39 is 5.97 Å². The first kappa shape index (κ1) is 21.5. The molecule has 156 valence electrons. The van der Waals surface area contributed by atoms with Gasteiger partial charge < -0.3 is 4.74 Å². The predicted octanol–water partition coefficient (Wildman–Crippen LogP) is 4.93. The van der Waals surface area contributed by atoms with Crippen molar-refractivity contribution in [2.45, 2.75) is 58.4 Å². The van der Waals surface area contributed by atoms with Crippen LogP contribution in [0.4, 0.5) is 0 Å². The maximum Gasteiger partial charge on any atom is 0.336 e. The molecule has 2 aliphatic rings. The number of benzene rings is 1. The molecule has 1 aromatic rings. The van der Waals surface area contributed by atoms with Gasteiger partial charge in [0.05, 0.1) is 6.04 Å². The van der Waals surface area contributed by atoms with Crippen LogP contribution < -0.4 is 4.74 Å². The van der Waals surface area contributed by atoms with Crippen molar-refractivity contribution >= 4 is 11.8 Å². The number of nitrogens with zero attached hydrogens (tertiary/aromatic N) is 1. The number of esters is 1. The minimum Gasteiger partial charge on any atom is -0.423 e. The van der Waals surface area contributed by atoms with Crippen molar-refractivity contribution in [2.75, 3.05) is 13.6 Å². The number of fused-ring (bicyclic) bond motifs is 1. The molecule has 29 heavy (non-hydrogen) atoms. The third kappa shape index (κ3) is 4.37. The van der Waals surface area contributed by atoms with Gasteiger partial charge in [-0.1, -0.05) is 39.0 Å². The van der Waals surface area contributed by atoms with Crippen molar-refractivity contribution < 1.29 is 14.3 Å². The minimum absolute atomic E-state index is 0.106. The average Bonchev–Trinajstić information content (AvgIpc) is 3.50. The predicted molar refractivity (Wildman–Crippen MR) is 116 cm³/mol. The van der Waals surface area contributed by atoms with Crippen LogP contribution in [0.15, 0.2) is 42.5 Å². The lowest BCUT2D eigenvalue weighted by atomic mass is 9.61. The lowest BCUT2D eigenvalue weighted by Crippen LogP contribution is -2.54. The van der Waals surface area contributed by atoms with E-state index in [2.05, 4.69) is 32.7 Å². The van der Waals surface area contributed by atoms with Gasteiger partial charge in [-0.25, -0.2) is 4.79 Å². The molecule has 0 spiro atoms. The van der Waals surface area contributed by atoms with Crippen LogP contribution in [-0.4, -0.2) is 36.3 Å². The van der Waals surface area contributed by atoms with Crippen LogP contribution in [0.3, 0.4) is 0 Å². The highest BCUT2D eigenvalue weighted by Crippen LogP contribution is 2.46. The van der Waals surface area contributed by atoms with Gasteiger partial charge in [0.15, 0.2) is 5.78 Å². The van der Waals surface area contributed by atoms with Gasteiger partial charge in [0.1, 0.15) is 5.75 Å². The van der Waals surface area contributed by atoms with Crippen molar-refractivity contribution in [3.63, 3.8) is 0 Å². The maximum absolute atomic E-state index is 13.4. The Morgan fingerprint density at radius 1 is 1.31 bits per heavy atom. The van der Waals surface area contributed by atoms with Gasteiger partial charge in [-0.15, -0.1) is 0 Å². The van der Waals surface area contributed by atoms with E-state index in [-0.39, 0.29) is 23.2 Å². The van der Waals surface area contributed by atoms with Crippen LogP contribution in [0.25, 0.3) is 0 Å². The van der Waals surface area contributed by atoms with Gasteiger partial charge in [0.2, 0.25) is 0 Å². The molecule has 0 N–H and O–H groups in total. The monoisotopic (exact) mass is 395 g/mol. The van der Waals surface area contributed by atoms with Gasteiger partial charge >= 0.3 is 5.97 Å². The fourth-order valence-corrected chi connectivity index (χ4v) is 4.57. The number of carbonyl (C=O) groups excluding carboxylic acids is 2. The van der Waals surface area contributed by atoms with E-state index in [0.29, 0.717) is 5.75 Å². The fourth-order valence-electron chi connectivity index (χ4n) is 4.57. The molecule has 0 aliphatic heterocycles. The zero-order chi connectivity index (χ0) is 21.2. The Morgan fingerprint density at radius 2 is 2.03 bits per heavy atom. The minimum atomic E-state index is -0.418. The number of likely N-dealkylation sites (N-methyl/N-ethyl adjacent to an activating group) is 1. The SMILES string of the molecule is C/C=C/C=C/C(=O)Oc1ccc2c(c1)[C@](C)(CC)[C@@H](C)[C@H](N(C)CC1CC1)C2=O. The molecule has 1 aromatic carbocycles.